The van der Waals surface area contributed by atoms with Crippen LogP contribution in [0.3, 0.4) is 0 Å². The number of likely N-dealkylation sites (tertiary alicyclic amines) is 1. The van der Waals surface area contributed by atoms with E-state index in [9.17, 15) is 18.3 Å². The van der Waals surface area contributed by atoms with Crippen molar-refractivity contribution >= 4 is 15.9 Å². The zero-order chi connectivity index (χ0) is 17.9. The molecule has 6 nitrogen and oxygen atoms in total. The number of sulfonamides is 1. The summed E-state index contributed by atoms with van der Waals surface area (Å²) in [4.78, 5) is 14.5. The van der Waals surface area contributed by atoms with Crippen LogP contribution < -0.4 is 0 Å². The fourth-order valence-electron chi connectivity index (χ4n) is 2.97. The van der Waals surface area contributed by atoms with Crippen LogP contribution in [0.15, 0.2) is 23.1 Å². The molecule has 0 saturated carbocycles. The molecule has 0 radical (unpaired) electrons. The van der Waals surface area contributed by atoms with Gasteiger partial charge in [0.2, 0.25) is 10.0 Å². The van der Waals surface area contributed by atoms with Crippen LogP contribution in [0.2, 0.25) is 0 Å². The van der Waals surface area contributed by atoms with Crippen LogP contribution >= 0.6 is 0 Å². The predicted molar refractivity (Wildman–Crippen MR) is 92.4 cm³/mol. The van der Waals surface area contributed by atoms with E-state index in [4.69, 9.17) is 0 Å². The number of aliphatic hydroxyl groups excluding tert-OH is 1. The fraction of sp³-hybridized carbons (Fsp3) is 0.588. The van der Waals surface area contributed by atoms with E-state index in [-0.39, 0.29) is 16.9 Å². The Labute approximate surface area is 144 Å². The van der Waals surface area contributed by atoms with E-state index in [1.54, 1.807) is 37.8 Å². The predicted octanol–water partition coefficient (Wildman–Crippen LogP) is 1.62. The van der Waals surface area contributed by atoms with Crippen molar-refractivity contribution in [1.29, 1.82) is 0 Å². The maximum Gasteiger partial charge on any atom is 0.253 e. The second kappa shape index (κ2) is 7.63. The van der Waals surface area contributed by atoms with Crippen LogP contribution in [0.4, 0.5) is 0 Å². The van der Waals surface area contributed by atoms with E-state index in [1.807, 2.05) is 0 Å². The Bertz CT molecular complexity index is 691. The van der Waals surface area contributed by atoms with Crippen molar-refractivity contribution in [3.63, 3.8) is 0 Å². The Hall–Kier alpha value is -1.44. The maximum absolute atomic E-state index is 12.8. The van der Waals surface area contributed by atoms with E-state index in [0.29, 0.717) is 50.1 Å². The SMILES string of the molecule is CCN(CC)S(=O)(=O)c1cc(C(=O)N2CCC(O)CC2)ccc1C. The molecule has 1 fully saturated rings. The van der Waals surface area contributed by atoms with Crippen LogP contribution in [0.1, 0.15) is 42.6 Å². The quantitative estimate of drug-likeness (QED) is 0.872. The van der Waals surface area contributed by atoms with Gasteiger partial charge in [-0.05, 0) is 37.5 Å². The Balaban J connectivity index is 2.33. The van der Waals surface area contributed by atoms with Crippen LogP contribution in [0.5, 0.6) is 0 Å². The molecule has 0 atom stereocenters. The summed E-state index contributed by atoms with van der Waals surface area (Å²) >= 11 is 0. The lowest BCUT2D eigenvalue weighted by molar-refractivity contribution is 0.0546. The molecule has 0 unspecified atom stereocenters. The number of carbonyl (C=O) groups is 1. The molecule has 1 aliphatic rings. The lowest BCUT2D eigenvalue weighted by Crippen LogP contribution is -2.40. The zero-order valence-corrected chi connectivity index (χ0v) is 15.3. The van der Waals surface area contributed by atoms with Crippen LogP contribution in [-0.2, 0) is 10.0 Å². The van der Waals surface area contributed by atoms with Gasteiger partial charge in [0.1, 0.15) is 0 Å². The Morgan fingerprint density at radius 3 is 2.38 bits per heavy atom. The molecule has 7 heteroatoms. The number of benzene rings is 1. The molecule has 1 heterocycles. The molecule has 1 amide bonds. The molecule has 1 aromatic carbocycles. The molecule has 1 aliphatic heterocycles. The third kappa shape index (κ3) is 3.79. The van der Waals surface area contributed by atoms with Gasteiger partial charge in [0.05, 0.1) is 11.0 Å². The molecule has 0 aliphatic carbocycles. The summed E-state index contributed by atoms with van der Waals surface area (Å²) in [6, 6.07) is 4.84. The molecule has 0 bridgehead atoms. The van der Waals surface area contributed by atoms with E-state index in [1.165, 1.54) is 10.4 Å². The van der Waals surface area contributed by atoms with Crippen LogP contribution in [-0.4, -0.2) is 60.9 Å². The number of carbonyl (C=O) groups excluding carboxylic acids is 1. The Kier molecular flexibility index (Phi) is 6.01. The van der Waals surface area contributed by atoms with E-state index < -0.39 is 10.0 Å². The van der Waals surface area contributed by atoms with Crippen molar-refractivity contribution in [2.75, 3.05) is 26.2 Å². The van der Waals surface area contributed by atoms with Crippen molar-refractivity contribution in [3.8, 4) is 0 Å². The number of hydrogen-bond acceptors (Lipinski definition) is 4. The zero-order valence-electron chi connectivity index (χ0n) is 14.5. The third-order valence-electron chi connectivity index (χ3n) is 4.51. The van der Waals surface area contributed by atoms with Gasteiger partial charge in [-0.25, -0.2) is 8.42 Å². The van der Waals surface area contributed by atoms with Gasteiger partial charge >= 0.3 is 0 Å². The molecule has 24 heavy (non-hydrogen) atoms. The van der Waals surface area contributed by atoms with Gasteiger partial charge in [-0.2, -0.15) is 4.31 Å². The van der Waals surface area contributed by atoms with Crippen molar-refractivity contribution < 1.29 is 18.3 Å². The highest BCUT2D eigenvalue weighted by molar-refractivity contribution is 7.89. The number of amides is 1. The lowest BCUT2D eigenvalue weighted by atomic mass is 10.1. The summed E-state index contributed by atoms with van der Waals surface area (Å²) in [7, 11) is -3.60. The molecule has 0 aromatic heterocycles. The van der Waals surface area contributed by atoms with Gasteiger partial charge in [-0.3, -0.25) is 4.79 Å². The average Bonchev–Trinajstić information content (AvgIpc) is 2.56. The van der Waals surface area contributed by atoms with Gasteiger partial charge in [0.15, 0.2) is 0 Å². The maximum atomic E-state index is 12.8. The fourth-order valence-corrected chi connectivity index (χ4v) is 4.67. The minimum absolute atomic E-state index is 0.183. The lowest BCUT2D eigenvalue weighted by Gasteiger charge is -2.30. The first-order valence-electron chi connectivity index (χ1n) is 8.39. The number of piperidine rings is 1. The molecule has 0 spiro atoms. The average molecular weight is 354 g/mol. The highest BCUT2D eigenvalue weighted by Crippen LogP contribution is 2.23. The highest BCUT2D eigenvalue weighted by atomic mass is 32.2. The van der Waals surface area contributed by atoms with E-state index in [2.05, 4.69) is 0 Å². The van der Waals surface area contributed by atoms with Gasteiger partial charge in [0.25, 0.3) is 5.91 Å². The van der Waals surface area contributed by atoms with Gasteiger partial charge in [-0.15, -0.1) is 0 Å². The van der Waals surface area contributed by atoms with Crippen molar-refractivity contribution in [2.45, 2.75) is 44.6 Å². The number of hydrogen-bond donors (Lipinski definition) is 1. The summed E-state index contributed by atoms with van der Waals surface area (Å²) in [6.45, 7) is 7.09. The van der Waals surface area contributed by atoms with Gasteiger partial charge in [0, 0.05) is 31.7 Å². The van der Waals surface area contributed by atoms with Crippen LogP contribution in [0, 0.1) is 6.92 Å². The van der Waals surface area contributed by atoms with Crippen LogP contribution in [0.25, 0.3) is 0 Å². The smallest absolute Gasteiger partial charge is 0.253 e. The monoisotopic (exact) mass is 354 g/mol. The molecule has 1 N–H and O–H groups in total. The largest absolute Gasteiger partial charge is 0.393 e. The van der Waals surface area contributed by atoms with Gasteiger partial charge in [-0.1, -0.05) is 19.9 Å². The highest BCUT2D eigenvalue weighted by Gasteiger charge is 2.27. The first-order chi connectivity index (χ1) is 11.3. The van der Waals surface area contributed by atoms with E-state index >= 15 is 0 Å². The number of aliphatic hydroxyl groups is 1. The van der Waals surface area contributed by atoms with Gasteiger partial charge < -0.3 is 10.0 Å². The standard InChI is InChI=1S/C17H26N2O4S/c1-4-19(5-2)24(22,23)16-12-14(7-6-13(16)3)17(21)18-10-8-15(20)9-11-18/h6-7,12,15,20H,4-5,8-11H2,1-3H3. The summed E-state index contributed by atoms with van der Waals surface area (Å²) in [5.74, 6) is -0.183. The van der Waals surface area contributed by atoms with Crippen molar-refractivity contribution in [2.24, 2.45) is 0 Å². The molecule has 1 saturated heterocycles. The van der Waals surface area contributed by atoms with Crippen molar-refractivity contribution in [1.82, 2.24) is 9.21 Å². The minimum Gasteiger partial charge on any atom is -0.393 e. The van der Waals surface area contributed by atoms with Crippen molar-refractivity contribution in [3.05, 3.63) is 29.3 Å². The minimum atomic E-state index is -3.60. The number of rotatable bonds is 5. The number of nitrogens with zero attached hydrogens (tertiary/aromatic N) is 2. The second-order valence-electron chi connectivity index (χ2n) is 6.09. The normalized spacial score (nSPS) is 16.6. The molecular weight excluding hydrogens is 328 g/mol. The Morgan fingerprint density at radius 2 is 1.83 bits per heavy atom. The van der Waals surface area contributed by atoms with E-state index in [0.717, 1.165) is 0 Å². The summed E-state index contributed by atoms with van der Waals surface area (Å²) in [6.07, 6.45) is 0.760. The molecule has 134 valence electrons. The second-order valence-corrected chi connectivity index (χ2v) is 8.00. The summed E-state index contributed by atoms with van der Waals surface area (Å²) < 4.78 is 26.9. The molecular formula is C17H26N2O4S. The summed E-state index contributed by atoms with van der Waals surface area (Å²) in [5, 5.41) is 9.56. The topological polar surface area (TPSA) is 77.9 Å². The third-order valence-corrected chi connectivity index (χ3v) is 6.70. The molecule has 2 rings (SSSR count). The summed E-state index contributed by atoms with van der Waals surface area (Å²) in [5.41, 5.74) is 1.01. The first kappa shape index (κ1) is 18.9. The number of aryl methyl sites for hydroxylation is 1. The molecule has 1 aromatic rings. The first-order valence-corrected chi connectivity index (χ1v) is 9.83. The Morgan fingerprint density at radius 1 is 1.25 bits per heavy atom.